The van der Waals surface area contributed by atoms with E-state index < -0.39 is 5.60 Å². The predicted molar refractivity (Wildman–Crippen MR) is 54.2 cm³/mol. The molecule has 0 amide bonds. The monoisotopic (exact) mass is 203 g/mol. The highest BCUT2D eigenvalue weighted by atomic mass is 16.5. The van der Waals surface area contributed by atoms with E-state index in [0.717, 1.165) is 26.1 Å². The molecule has 0 bridgehead atoms. The van der Waals surface area contributed by atoms with Gasteiger partial charge in [0.15, 0.2) is 0 Å². The number of hydrogen-bond donors (Lipinski definition) is 2. The van der Waals surface area contributed by atoms with Crippen LogP contribution in [0.1, 0.15) is 20.3 Å². The molecule has 4 nitrogen and oxygen atoms in total. The molecule has 0 aromatic carbocycles. The van der Waals surface area contributed by atoms with Gasteiger partial charge in [-0.1, -0.05) is 0 Å². The molecule has 0 saturated carbocycles. The Hall–Kier alpha value is -0.160. The van der Waals surface area contributed by atoms with Crippen molar-refractivity contribution in [2.45, 2.75) is 32.0 Å². The zero-order valence-electron chi connectivity index (χ0n) is 9.07. The molecule has 1 fully saturated rings. The number of ether oxygens (including phenoxy) is 1. The fourth-order valence-corrected chi connectivity index (χ4v) is 1.53. The van der Waals surface area contributed by atoms with Crippen LogP contribution in [0.4, 0.5) is 0 Å². The first kappa shape index (κ1) is 11.9. The van der Waals surface area contributed by atoms with Crippen molar-refractivity contribution < 1.29 is 14.9 Å². The van der Waals surface area contributed by atoms with Crippen LogP contribution in [0.2, 0.25) is 0 Å². The standard InChI is InChI=1S/C10H21NO3/c1-10(2,13)3-4-11-5-6-14-9(7-11)8-12/h9,12-13H,3-8H2,1-2H3. The first-order valence-corrected chi connectivity index (χ1v) is 5.18. The SMILES string of the molecule is CC(C)(O)CCN1CCOC(CO)C1. The largest absolute Gasteiger partial charge is 0.394 e. The Kier molecular flexibility index (Phi) is 4.31. The van der Waals surface area contributed by atoms with Gasteiger partial charge in [0.05, 0.1) is 24.9 Å². The molecule has 1 aliphatic rings. The van der Waals surface area contributed by atoms with Crippen LogP contribution < -0.4 is 0 Å². The molecule has 14 heavy (non-hydrogen) atoms. The van der Waals surface area contributed by atoms with E-state index in [0.29, 0.717) is 6.61 Å². The summed E-state index contributed by atoms with van der Waals surface area (Å²) in [5.41, 5.74) is -0.604. The number of hydrogen-bond acceptors (Lipinski definition) is 4. The highest BCUT2D eigenvalue weighted by Gasteiger charge is 2.21. The van der Waals surface area contributed by atoms with Crippen LogP contribution in [-0.4, -0.2) is 59.7 Å². The maximum atomic E-state index is 9.56. The Balaban J connectivity index is 2.24. The lowest BCUT2D eigenvalue weighted by Gasteiger charge is -2.33. The molecule has 1 unspecified atom stereocenters. The van der Waals surface area contributed by atoms with Gasteiger partial charge in [0.1, 0.15) is 0 Å². The van der Waals surface area contributed by atoms with Gasteiger partial charge in [0, 0.05) is 19.6 Å². The van der Waals surface area contributed by atoms with Crippen LogP contribution in [0.5, 0.6) is 0 Å². The third-order valence-corrected chi connectivity index (χ3v) is 2.47. The maximum absolute atomic E-state index is 9.56. The molecular weight excluding hydrogens is 182 g/mol. The minimum atomic E-state index is -0.604. The molecule has 0 aliphatic carbocycles. The Morgan fingerprint density at radius 1 is 1.50 bits per heavy atom. The summed E-state index contributed by atoms with van der Waals surface area (Å²) >= 11 is 0. The van der Waals surface area contributed by atoms with E-state index in [1.54, 1.807) is 0 Å². The van der Waals surface area contributed by atoms with E-state index in [2.05, 4.69) is 4.90 Å². The lowest BCUT2D eigenvalue weighted by Crippen LogP contribution is -2.45. The fraction of sp³-hybridized carbons (Fsp3) is 1.00. The Morgan fingerprint density at radius 2 is 2.21 bits per heavy atom. The van der Waals surface area contributed by atoms with Crippen molar-refractivity contribution in [3.05, 3.63) is 0 Å². The normalized spacial score (nSPS) is 25.3. The summed E-state index contributed by atoms with van der Waals surface area (Å²) in [7, 11) is 0. The van der Waals surface area contributed by atoms with Gasteiger partial charge in [-0.25, -0.2) is 0 Å². The van der Waals surface area contributed by atoms with Gasteiger partial charge in [-0.2, -0.15) is 0 Å². The van der Waals surface area contributed by atoms with E-state index in [9.17, 15) is 5.11 Å². The zero-order valence-corrected chi connectivity index (χ0v) is 9.07. The van der Waals surface area contributed by atoms with Gasteiger partial charge in [-0.15, -0.1) is 0 Å². The van der Waals surface area contributed by atoms with E-state index in [-0.39, 0.29) is 12.7 Å². The average molecular weight is 203 g/mol. The smallest absolute Gasteiger partial charge is 0.0932 e. The van der Waals surface area contributed by atoms with E-state index >= 15 is 0 Å². The first-order chi connectivity index (χ1) is 6.51. The van der Waals surface area contributed by atoms with Gasteiger partial charge in [0.2, 0.25) is 0 Å². The minimum Gasteiger partial charge on any atom is -0.394 e. The average Bonchev–Trinajstić information content (AvgIpc) is 2.14. The highest BCUT2D eigenvalue weighted by molar-refractivity contribution is 4.74. The van der Waals surface area contributed by atoms with Gasteiger partial charge < -0.3 is 14.9 Å². The number of aliphatic hydroxyl groups excluding tert-OH is 1. The molecule has 4 heteroatoms. The molecule has 1 heterocycles. The molecule has 1 rings (SSSR count). The van der Waals surface area contributed by atoms with Crippen LogP contribution in [0.3, 0.4) is 0 Å². The molecule has 1 atom stereocenters. The Morgan fingerprint density at radius 3 is 2.79 bits per heavy atom. The van der Waals surface area contributed by atoms with Gasteiger partial charge in [-0.3, -0.25) is 4.90 Å². The van der Waals surface area contributed by atoms with Crippen LogP contribution >= 0.6 is 0 Å². The summed E-state index contributed by atoms with van der Waals surface area (Å²) in [6.45, 7) is 6.92. The summed E-state index contributed by atoms with van der Waals surface area (Å²) in [4.78, 5) is 2.22. The van der Waals surface area contributed by atoms with Crippen molar-refractivity contribution in [1.29, 1.82) is 0 Å². The van der Waals surface area contributed by atoms with Crippen LogP contribution in [0.15, 0.2) is 0 Å². The lowest BCUT2D eigenvalue weighted by molar-refractivity contribution is -0.0580. The van der Waals surface area contributed by atoms with Crippen molar-refractivity contribution >= 4 is 0 Å². The third-order valence-electron chi connectivity index (χ3n) is 2.47. The van der Waals surface area contributed by atoms with E-state index in [1.165, 1.54) is 0 Å². The van der Waals surface area contributed by atoms with Crippen molar-refractivity contribution in [2.75, 3.05) is 32.8 Å². The van der Waals surface area contributed by atoms with Gasteiger partial charge in [-0.05, 0) is 20.3 Å². The fourth-order valence-electron chi connectivity index (χ4n) is 1.53. The van der Waals surface area contributed by atoms with Crippen molar-refractivity contribution in [2.24, 2.45) is 0 Å². The molecule has 1 saturated heterocycles. The number of rotatable bonds is 4. The van der Waals surface area contributed by atoms with Crippen molar-refractivity contribution in [3.8, 4) is 0 Å². The quantitative estimate of drug-likeness (QED) is 0.666. The molecule has 1 aliphatic heterocycles. The molecular formula is C10H21NO3. The van der Waals surface area contributed by atoms with E-state index in [4.69, 9.17) is 9.84 Å². The topological polar surface area (TPSA) is 52.9 Å². The second-order valence-electron chi connectivity index (χ2n) is 4.54. The van der Waals surface area contributed by atoms with Crippen LogP contribution in [0, 0.1) is 0 Å². The molecule has 0 spiro atoms. The number of nitrogens with zero attached hydrogens (tertiary/aromatic N) is 1. The third kappa shape index (κ3) is 4.37. The van der Waals surface area contributed by atoms with Gasteiger partial charge in [0.25, 0.3) is 0 Å². The summed E-state index contributed by atoms with van der Waals surface area (Å²) in [5, 5.41) is 18.5. The van der Waals surface area contributed by atoms with Crippen LogP contribution in [0.25, 0.3) is 0 Å². The highest BCUT2D eigenvalue weighted by Crippen LogP contribution is 2.11. The summed E-state index contributed by atoms with van der Waals surface area (Å²) in [5.74, 6) is 0. The summed E-state index contributed by atoms with van der Waals surface area (Å²) in [6, 6.07) is 0. The molecule has 0 aromatic rings. The summed E-state index contributed by atoms with van der Waals surface area (Å²) in [6.07, 6.45) is 0.705. The second-order valence-corrected chi connectivity index (χ2v) is 4.54. The Labute approximate surface area is 85.5 Å². The van der Waals surface area contributed by atoms with Crippen molar-refractivity contribution in [3.63, 3.8) is 0 Å². The predicted octanol–water partition coefficient (Wildman–Crippen LogP) is -0.160. The molecule has 2 N–H and O–H groups in total. The number of morpholine rings is 1. The summed E-state index contributed by atoms with van der Waals surface area (Å²) < 4.78 is 5.34. The van der Waals surface area contributed by atoms with Crippen LogP contribution in [-0.2, 0) is 4.74 Å². The molecule has 0 aromatic heterocycles. The maximum Gasteiger partial charge on any atom is 0.0932 e. The van der Waals surface area contributed by atoms with E-state index in [1.807, 2.05) is 13.8 Å². The minimum absolute atomic E-state index is 0.0504. The Bertz CT molecular complexity index is 167. The first-order valence-electron chi connectivity index (χ1n) is 5.18. The molecule has 0 radical (unpaired) electrons. The second kappa shape index (κ2) is 5.07. The van der Waals surface area contributed by atoms with Crippen molar-refractivity contribution in [1.82, 2.24) is 4.90 Å². The molecule has 84 valence electrons. The van der Waals surface area contributed by atoms with Gasteiger partial charge >= 0.3 is 0 Å². The number of aliphatic hydroxyl groups is 2. The zero-order chi connectivity index (χ0) is 10.6. The lowest BCUT2D eigenvalue weighted by atomic mass is 10.1.